The first kappa shape index (κ1) is 11.5. The number of nitrogens with zero attached hydrogens (tertiary/aromatic N) is 1. The van der Waals surface area contributed by atoms with Gasteiger partial charge in [-0.25, -0.2) is 0 Å². The maximum absolute atomic E-state index is 2.29. The largest absolute Gasteiger partial charge is 0.309 e. The summed E-state index contributed by atoms with van der Waals surface area (Å²) in [5, 5.41) is 0. The summed E-state index contributed by atoms with van der Waals surface area (Å²) in [5.74, 6) is 0. The summed E-state index contributed by atoms with van der Waals surface area (Å²) in [6.07, 6.45) is 2.25. The molecular formula is C17H19N. The van der Waals surface area contributed by atoms with Gasteiger partial charge in [0.15, 0.2) is 0 Å². The Hall–Kier alpha value is -1.60. The molecule has 0 atom stereocenters. The monoisotopic (exact) mass is 237 g/mol. The maximum Gasteiger partial charge on any atom is 0.00158 e. The minimum atomic E-state index is 1.11. The van der Waals surface area contributed by atoms with Crippen molar-refractivity contribution in [2.24, 2.45) is 0 Å². The Bertz CT molecular complexity index is 570. The van der Waals surface area contributed by atoms with Crippen molar-refractivity contribution in [3.63, 3.8) is 0 Å². The van der Waals surface area contributed by atoms with Crippen molar-refractivity contribution in [1.29, 1.82) is 0 Å². The molecule has 0 saturated heterocycles. The van der Waals surface area contributed by atoms with Crippen LogP contribution in [-0.4, -0.2) is 25.5 Å². The predicted molar refractivity (Wildman–Crippen MR) is 76.9 cm³/mol. The summed E-state index contributed by atoms with van der Waals surface area (Å²) >= 11 is 0. The van der Waals surface area contributed by atoms with Crippen molar-refractivity contribution in [3.05, 3.63) is 59.2 Å². The lowest BCUT2D eigenvalue weighted by atomic mass is 9.99. The van der Waals surface area contributed by atoms with Gasteiger partial charge in [0.25, 0.3) is 0 Å². The minimum Gasteiger partial charge on any atom is -0.309 e. The van der Waals surface area contributed by atoms with Crippen molar-refractivity contribution >= 4 is 0 Å². The summed E-state index contributed by atoms with van der Waals surface area (Å²) in [4.78, 5) is 2.25. The third-order valence-electron chi connectivity index (χ3n) is 3.78. The number of hydrogen-bond acceptors (Lipinski definition) is 1. The van der Waals surface area contributed by atoms with Crippen molar-refractivity contribution in [1.82, 2.24) is 4.90 Å². The van der Waals surface area contributed by atoms with E-state index >= 15 is 0 Å². The normalized spacial score (nSPS) is 12.6. The maximum atomic E-state index is 2.29. The van der Waals surface area contributed by atoms with E-state index < -0.39 is 0 Å². The summed E-state index contributed by atoms with van der Waals surface area (Å²) in [5.41, 5.74) is 7.41. The van der Waals surface area contributed by atoms with Gasteiger partial charge in [-0.05, 0) is 54.8 Å². The Labute approximate surface area is 109 Å². The lowest BCUT2D eigenvalue weighted by Crippen LogP contribution is -2.15. The molecule has 0 aromatic heterocycles. The highest BCUT2D eigenvalue weighted by molar-refractivity contribution is 5.77. The molecule has 0 saturated carbocycles. The van der Waals surface area contributed by atoms with Gasteiger partial charge in [0.1, 0.15) is 0 Å². The van der Waals surface area contributed by atoms with Crippen LogP contribution in [0.15, 0.2) is 42.5 Å². The van der Waals surface area contributed by atoms with E-state index in [-0.39, 0.29) is 0 Å². The fourth-order valence-electron chi connectivity index (χ4n) is 2.80. The van der Waals surface area contributed by atoms with Crippen LogP contribution in [0, 0.1) is 0 Å². The number of benzene rings is 2. The first-order valence-corrected chi connectivity index (χ1v) is 6.59. The molecule has 92 valence electrons. The first-order chi connectivity index (χ1) is 8.75. The van der Waals surface area contributed by atoms with E-state index in [9.17, 15) is 0 Å². The van der Waals surface area contributed by atoms with Crippen molar-refractivity contribution < 1.29 is 0 Å². The molecule has 0 amide bonds. The van der Waals surface area contributed by atoms with Gasteiger partial charge in [0.05, 0.1) is 0 Å². The van der Waals surface area contributed by atoms with E-state index in [1.54, 1.807) is 5.56 Å². The Morgan fingerprint density at radius 2 is 1.72 bits per heavy atom. The van der Waals surface area contributed by atoms with Crippen LogP contribution in [0.25, 0.3) is 11.1 Å². The summed E-state index contributed by atoms with van der Waals surface area (Å²) in [7, 11) is 4.27. The SMILES string of the molecule is CN(C)CCc1cccc2c1Cc1ccccc1-2. The van der Waals surface area contributed by atoms with Crippen LogP contribution in [0.5, 0.6) is 0 Å². The molecule has 1 heteroatoms. The van der Waals surface area contributed by atoms with Crippen molar-refractivity contribution in [2.75, 3.05) is 20.6 Å². The molecule has 0 radical (unpaired) electrons. The molecule has 0 aliphatic heterocycles. The summed E-state index contributed by atoms with van der Waals surface area (Å²) < 4.78 is 0. The Morgan fingerprint density at radius 1 is 0.944 bits per heavy atom. The number of rotatable bonds is 3. The number of hydrogen-bond donors (Lipinski definition) is 0. The second-order valence-corrected chi connectivity index (χ2v) is 5.33. The van der Waals surface area contributed by atoms with Gasteiger partial charge >= 0.3 is 0 Å². The quantitative estimate of drug-likeness (QED) is 0.675. The molecule has 3 rings (SSSR count). The molecule has 1 aliphatic carbocycles. The van der Waals surface area contributed by atoms with Gasteiger partial charge in [0, 0.05) is 6.54 Å². The first-order valence-electron chi connectivity index (χ1n) is 6.59. The Balaban J connectivity index is 1.98. The van der Waals surface area contributed by atoms with Crippen molar-refractivity contribution in [3.8, 4) is 11.1 Å². The molecular weight excluding hydrogens is 218 g/mol. The van der Waals surface area contributed by atoms with Gasteiger partial charge in [-0.3, -0.25) is 0 Å². The van der Waals surface area contributed by atoms with Crippen LogP contribution in [0.1, 0.15) is 16.7 Å². The van der Waals surface area contributed by atoms with Gasteiger partial charge in [-0.2, -0.15) is 0 Å². The van der Waals surface area contributed by atoms with Gasteiger partial charge in [0.2, 0.25) is 0 Å². The molecule has 1 aliphatic rings. The van der Waals surface area contributed by atoms with E-state index in [4.69, 9.17) is 0 Å². The van der Waals surface area contributed by atoms with Gasteiger partial charge in [-0.15, -0.1) is 0 Å². The molecule has 0 unspecified atom stereocenters. The third-order valence-corrected chi connectivity index (χ3v) is 3.78. The highest BCUT2D eigenvalue weighted by atomic mass is 15.0. The van der Waals surface area contributed by atoms with E-state index in [2.05, 4.69) is 61.5 Å². The molecule has 0 N–H and O–H groups in total. The Kier molecular flexibility index (Phi) is 2.92. The fraction of sp³-hybridized carbons (Fsp3) is 0.294. The molecule has 0 bridgehead atoms. The van der Waals surface area contributed by atoms with Crippen LogP contribution in [-0.2, 0) is 12.8 Å². The zero-order valence-electron chi connectivity index (χ0n) is 11.1. The van der Waals surface area contributed by atoms with Crippen LogP contribution in [0.3, 0.4) is 0 Å². The molecule has 2 aromatic rings. The number of likely N-dealkylation sites (N-methyl/N-ethyl adjacent to an activating group) is 1. The average Bonchev–Trinajstić information content (AvgIpc) is 2.75. The summed E-state index contributed by atoms with van der Waals surface area (Å²) in [6, 6.07) is 15.5. The van der Waals surface area contributed by atoms with Crippen LogP contribution in [0.2, 0.25) is 0 Å². The second kappa shape index (κ2) is 4.58. The predicted octanol–water partition coefficient (Wildman–Crippen LogP) is 3.36. The third kappa shape index (κ3) is 1.95. The van der Waals surface area contributed by atoms with Crippen LogP contribution in [0.4, 0.5) is 0 Å². The van der Waals surface area contributed by atoms with Gasteiger partial charge < -0.3 is 4.90 Å². The zero-order chi connectivity index (χ0) is 12.5. The minimum absolute atomic E-state index is 1.11. The molecule has 0 spiro atoms. The van der Waals surface area contributed by atoms with E-state index in [0.717, 1.165) is 19.4 Å². The molecule has 0 heterocycles. The fourth-order valence-corrected chi connectivity index (χ4v) is 2.80. The van der Waals surface area contributed by atoms with E-state index in [1.165, 1.54) is 22.3 Å². The second-order valence-electron chi connectivity index (χ2n) is 5.33. The Morgan fingerprint density at radius 3 is 2.56 bits per heavy atom. The average molecular weight is 237 g/mol. The summed E-state index contributed by atoms with van der Waals surface area (Å²) in [6.45, 7) is 1.12. The van der Waals surface area contributed by atoms with E-state index in [0.29, 0.717) is 0 Å². The lowest BCUT2D eigenvalue weighted by Gasteiger charge is -2.12. The molecule has 18 heavy (non-hydrogen) atoms. The zero-order valence-corrected chi connectivity index (χ0v) is 11.1. The smallest absolute Gasteiger partial charge is 0.00158 e. The molecule has 0 fully saturated rings. The number of fused-ring (bicyclic) bond motifs is 3. The highest BCUT2D eigenvalue weighted by Crippen LogP contribution is 2.38. The lowest BCUT2D eigenvalue weighted by molar-refractivity contribution is 0.413. The van der Waals surface area contributed by atoms with Crippen molar-refractivity contribution in [2.45, 2.75) is 12.8 Å². The highest BCUT2D eigenvalue weighted by Gasteiger charge is 2.19. The van der Waals surface area contributed by atoms with Gasteiger partial charge in [-0.1, -0.05) is 42.5 Å². The van der Waals surface area contributed by atoms with Crippen LogP contribution < -0.4 is 0 Å². The van der Waals surface area contributed by atoms with E-state index in [1.807, 2.05) is 0 Å². The van der Waals surface area contributed by atoms with Crippen LogP contribution >= 0.6 is 0 Å². The standard InChI is InChI=1S/C17H19N/c1-18(2)11-10-13-7-5-9-16-15-8-4-3-6-14(15)12-17(13)16/h3-9H,10-12H2,1-2H3. The molecule has 2 aromatic carbocycles. The molecule has 1 nitrogen and oxygen atoms in total. The topological polar surface area (TPSA) is 3.24 Å².